The molecule has 0 atom stereocenters. The van der Waals surface area contributed by atoms with Gasteiger partial charge >= 0.3 is 5.97 Å². The number of nitrogens with two attached hydrogens (primary N) is 1. The molecule has 7 heteroatoms. The SMILES string of the molecule is COC(=O)c1nc2nc(C)c(CN)c(C)n2n1. The molecule has 0 aliphatic rings. The fraction of sp³-hybridized carbons (Fsp3) is 0.400. The molecule has 17 heavy (non-hydrogen) atoms. The van der Waals surface area contributed by atoms with E-state index in [1.165, 1.54) is 11.6 Å². The largest absolute Gasteiger partial charge is 0.463 e. The van der Waals surface area contributed by atoms with E-state index in [1.54, 1.807) is 0 Å². The van der Waals surface area contributed by atoms with Crippen molar-refractivity contribution in [1.82, 2.24) is 19.6 Å². The zero-order valence-electron chi connectivity index (χ0n) is 9.89. The molecule has 2 aromatic heterocycles. The highest BCUT2D eigenvalue weighted by Crippen LogP contribution is 2.12. The van der Waals surface area contributed by atoms with Gasteiger partial charge in [0, 0.05) is 23.5 Å². The van der Waals surface area contributed by atoms with E-state index in [4.69, 9.17) is 5.73 Å². The van der Waals surface area contributed by atoms with Crippen molar-refractivity contribution in [1.29, 1.82) is 0 Å². The van der Waals surface area contributed by atoms with Crippen molar-refractivity contribution in [2.75, 3.05) is 7.11 Å². The first-order valence-corrected chi connectivity index (χ1v) is 5.09. The molecular formula is C10H13N5O2. The number of nitrogens with zero attached hydrogens (tertiary/aromatic N) is 4. The van der Waals surface area contributed by atoms with Crippen LogP contribution in [0.1, 0.15) is 27.6 Å². The van der Waals surface area contributed by atoms with Crippen molar-refractivity contribution in [3.8, 4) is 0 Å². The smallest absolute Gasteiger partial charge is 0.378 e. The van der Waals surface area contributed by atoms with E-state index in [0.29, 0.717) is 12.3 Å². The van der Waals surface area contributed by atoms with E-state index >= 15 is 0 Å². The highest BCUT2D eigenvalue weighted by atomic mass is 16.5. The van der Waals surface area contributed by atoms with E-state index in [9.17, 15) is 4.79 Å². The Morgan fingerprint density at radius 2 is 2.12 bits per heavy atom. The predicted octanol–water partition coefficient (Wildman–Crippen LogP) is -0.0136. The maximum atomic E-state index is 11.3. The molecule has 0 amide bonds. The van der Waals surface area contributed by atoms with E-state index < -0.39 is 5.97 Å². The second kappa shape index (κ2) is 4.10. The Morgan fingerprint density at radius 1 is 1.41 bits per heavy atom. The zero-order valence-corrected chi connectivity index (χ0v) is 9.89. The van der Waals surface area contributed by atoms with Gasteiger partial charge in [-0.1, -0.05) is 0 Å². The molecule has 0 saturated heterocycles. The molecule has 2 heterocycles. The summed E-state index contributed by atoms with van der Waals surface area (Å²) in [6.45, 7) is 4.08. The maximum absolute atomic E-state index is 11.3. The Bertz CT molecular complexity index is 590. The summed E-state index contributed by atoms with van der Waals surface area (Å²) in [6.07, 6.45) is 0. The van der Waals surface area contributed by atoms with Crippen molar-refractivity contribution < 1.29 is 9.53 Å². The average Bonchev–Trinajstić information content (AvgIpc) is 2.72. The molecule has 0 unspecified atom stereocenters. The summed E-state index contributed by atoms with van der Waals surface area (Å²) in [5, 5.41) is 4.05. The van der Waals surface area contributed by atoms with Gasteiger partial charge in [-0.2, -0.15) is 4.98 Å². The molecule has 0 fully saturated rings. The monoisotopic (exact) mass is 235 g/mol. The third kappa shape index (κ3) is 1.74. The minimum absolute atomic E-state index is 0.00308. The highest BCUT2D eigenvalue weighted by Gasteiger charge is 2.17. The summed E-state index contributed by atoms with van der Waals surface area (Å²) >= 11 is 0. The van der Waals surface area contributed by atoms with Crippen molar-refractivity contribution in [3.63, 3.8) is 0 Å². The fourth-order valence-corrected chi connectivity index (χ4v) is 1.68. The van der Waals surface area contributed by atoms with Crippen molar-refractivity contribution in [2.24, 2.45) is 5.73 Å². The van der Waals surface area contributed by atoms with Crippen LogP contribution >= 0.6 is 0 Å². The lowest BCUT2D eigenvalue weighted by Gasteiger charge is -2.06. The molecule has 2 aromatic rings. The minimum Gasteiger partial charge on any atom is -0.463 e. The molecule has 0 saturated carbocycles. The third-order valence-corrected chi connectivity index (χ3v) is 2.62. The number of hydrogen-bond donors (Lipinski definition) is 1. The molecule has 90 valence electrons. The highest BCUT2D eigenvalue weighted by molar-refractivity contribution is 5.85. The van der Waals surface area contributed by atoms with Gasteiger partial charge in [0.2, 0.25) is 0 Å². The summed E-state index contributed by atoms with van der Waals surface area (Å²) in [4.78, 5) is 19.6. The number of fused-ring (bicyclic) bond motifs is 1. The van der Waals surface area contributed by atoms with Gasteiger partial charge in [-0.15, -0.1) is 5.10 Å². The molecule has 2 rings (SSSR count). The summed E-state index contributed by atoms with van der Waals surface area (Å²) in [5.41, 5.74) is 8.17. The average molecular weight is 235 g/mol. The Morgan fingerprint density at radius 3 is 2.71 bits per heavy atom. The first kappa shape index (κ1) is 11.5. The van der Waals surface area contributed by atoms with Crippen LogP contribution in [-0.4, -0.2) is 32.7 Å². The lowest BCUT2D eigenvalue weighted by Crippen LogP contribution is -2.09. The molecule has 2 N–H and O–H groups in total. The van der Waals surface area contributed by atoms with Gasteiger partial charge in [0.15, 0.2) is 0 Å². The Labute approximate surface area is 97.6 Å². The lowest BCUT2D eigenvalue weighted by molar-refractivity contribution is 0.0587. The number of aromatic nitrogens is 4. The number of carbonyl (C=O) groups is 1. The van der Waals surface area contributed by atoms with Crippen LogP contribution in [0.2, 0.25) is 0 Å². The maximum Gasteiger partial charge on any atom is 0.378 e. The first-order chi connectivity index (χ1) is 8.08. The predicted molar refractivity (Wildman–Crippen MR) is 59.5 cm³/mol. The second-order valence-electron chi connectivity index (χ2n) is 3.60. The van der Waals surface area contributed by atoms with Crippen LogP contribution in [0.4, 0.5) is 0 Å². The molecule has 0 bridgehead atoms. The normalized spacial score (nSPS) is 10.8. The number of ether oxygens (including phenoxy) is 1. The second-order valence-corrected chi connectivity index (χ2v) is 3.60. The summed E-state index contributed by atoms with van der Waals surface area (Å²) < 4.78 is 6.06. The van der Waals surface area contributed by atoms with Crippen LogP contribution in [0.3, 0.4) is 0 Å². The Balaban J connectivity index is 2.69. The standard InChI is InChI=1S/C10H13N5O2/c1-5-7(4-11)6(2)15-10(12-5)13-8(14-15)9(16)17-3/h4,11H2,1-3H3. The quantitative estimate of drug-likeness (QED) is 0.735. The number of hydrogen-bond acceptors (Lipinski definition) is 6. The summed E-state index contributed by atoms with van der Waals surface area (Å²) in [5.74, 6) is -0.212. The summed E-state index contributed by atoms with van der Waals surface area (Å²) in [6, 6.07) is 0. The van der Waals surface area contributed by atoms with Crippen LogP contribution in [-0.2, 0) is 11.3 Å². The van der Waals surface area contributed by atoms with Gasteiger partial charge < -0.3 is 10.5 Å². The van der Waals surface area contributed by atoms with Gasteiger partial charge in [0.25, 0.3) is 11.6 Å². The Kier molecular flexibility index (Phi) is 2.76. The van der Waals surface area contributed by atoms with Crippen molar-refractivity contribution in [2.45, 2.75) is 20.4 Å². The van der Waals surface area contributed by atoms with Gasteiger partial charge in [0.1, 0.15) is 0 Å². The topological polar surface area (TPSA) is 95.4 Å². The fourth-order valence-electron chi connectivity index (χ4n) is 1.68. The van der Waals surface area contributed by atoms with Gasteiger partial charge in [0.05, 0.1) is 7.11 Å². The van der Waals surface area contributed by atoms with Crippen LogP contribution in [0.15, 0.2) is 0 Å². The number of carbonyl (C=O) groups excluding carboxylic acids is 1. The molecule has 0 spiro atoms. The molecule has 7 nitrogen and oxygen atoms in total. The number of methoxy groups -OCH3 is 1. The van der Waals surface area contributed by atoms with Gasteiger partial charge in [-0.3, -0.25) is 0 Å². The molecule has 0 aliphatic carbocycles. The number of rotatable bonds is 2. The molecule has 0 aromatic carbocycles. The summed E-state index contributed by atoms with van der Waals surface area (Å²) in [7, 11) is 1.28. The van der Waals surface area contributed by atoms with E-state index in [-0.39, 0.29) is 5.82 Å². The molecular weight excluding hydrogens is 222 g/mol. The zero-order chi connectivity index (χ0) is 12.6. The minimum atomic E-state index is -0.582. The van der Waals surface area contributed by atoms with Crippen LogP contribution in [0, 0.1) is 13.8 Å². The van der Waals surface area contributed by atoms with Gasteiger partial charge in [-0.05, 0) is 13.8 Å². The van der Waals surface area contributed by atoms with Crippen molar-refractivity contribution in [3.05, 3.63) is 22.8 Å². The van der Waals surface area contributed by atoms with Gasteiger partial charge in [-0.25, -0.2) is 14.3 Å². The third-order valence-electron chi connectivity index (χ3n) is 2.62. The lowest BCUT2D eigenvalue weighted by atomic mass is 10.2. The van der Waals surface area contributed by atoms with E-state index in [2.05, 4.69) is 19.8 Å². The van der Waals surface area contributed by atoms with Crippen molar-refractivity contribution >= 4 is 11.7 Å². The van der Waals surface area contributed by atoms with Crippen LogP contribution < -0.4 is 5.73 Å². The number of esters is 1. The molecule has 0 aliphatic heterocycles. The van der Waals surface area contributed by atoms with E-state index in [0.717, 1.165) is 17.0 Å². The first-order valence-electron chi connectivity index (χ1n) is 5.09. The molecule has 0 radical (unpaired) electrons. The number of aryl methyl sites for hydroxylation is 2. The van der Waals surface area contributed by atoms with E-state index in [1.807, 2.05) is 13.8 Å². The van der Waals surface area contributed by atoms with Crippen LogP contribution in [0.25, 0.3) is 5.78 Å². The van der Waals surface area contributed by atoms with Crippen LogP contribution in [0.5, 0.6) is 0 Å². The Hall–Kier alpha value is -2.02.